The summed E-state index contributed by atoms with van der Waals surface area (Å²) >= 11 is 5.82. The van der Waals surface area contributed by atoms with Gasteiger partial charge in [-0.3, -0.25) is 14.4 Å². The van der Waals surface area contributed by atoms with E-state index in [4.69, 9.17) is 11.6 Å². The highest BCUT2D eigenvalue weighted by Gasteiger charge is 2.22. The monoisotopic (exact) mass is 426 g/mol. The number of rotatable bonds is 7. The Morgan fingerprint density at radius 3 is 2.13 bits per heavy atom. The van der Waals surface area contributed by atoms with E-state index in [-0.39, 0.29) is 30.4 Å². The maximum absolute atomic E-state index is 12.7. The van der Waals surface area contributed by atoms with Crippen molar-refractivity contribution in [1.82, 2.24) is 4.90 Å². The van der Waals surface area contributed by atoms with E-state index in [2.05, 4.69) is 5.32 Å². The van der Waals surface area contributed by atoms with Crippen molar-refractivity contribution < 1.29 is 14.4 Å². The molecule has 1 fully saturated rings. The van der Waals surface area contributed by atoms with Crippen molar-refractivity contribution in [1.29, 1.82) is 0 Å². The Morgan fingerprint density at radius 1 is 0.900 bits per heavy atom. The highest BCUT2D eigenvalue weighted by Crippen LogP contribution is 2.23. The predicted octanol–water partition coefficient (Wildman–Crippen LogP) is 5.35. The van der Waals surface area contributed by atoms with Gasteiger partial charge in [-0.25, -0.2) is 0 Å². The van der Waals surface area contributed by atoms with E-state index in [1.165, 1.54) is 19.3 Å². The minimum atomic E-state index is -0.240. The number of nitrogens with one attached hydrogen (secondary N) is 1. The third-order valence-electron chi connectivity index (χ3n) is 5.60. The van der Waals surface area contributed by atoms with Gasteiger partial charge in [0.25, 0.3) is 5.91 Å². The fourth-order valence-corrected chi connectivity index (χ4v) is 3.89. The van der Waals surface area contributed by atoms with Gasteiger partial charge in [-0.2, -0.15) is 0 Å². The van der Waals surface area contributed by atoms with Crippen LogP contribution in [0.3, 0.4) is 0 Å². The second-order valence-corrected chi connectivity index (χ2v) is 8.20. The van der Waals surface area contributed by atoms with Gasteiger partial charge >= 0.3 is 0 Å². The fraction of sp³-hybridized carbons (Fsp3) is 0.375. The average molecular weight is 427 g/mol. The molecule has 0 heterocycles. The zero-order valence-electron chi connectivity index (χ0n) is 17.2. The van der Waals surface area contributed by atoms with Crippen LogP contribution in [-0.2, 0) is 4.79 Å². The predicted molar refractivity (Wildman–Crippen MR) is 119 cm³/mol. The van der Waals surface area contributed by atoms with E-state index in [1.807, 2.05) is 11.9 Å². The Balaban J connectivity index is 1.49. The van der Waals surface area contributed by atoms with E-state index in [0.717, 1.165) is 12.8 Å². The Morgan fingerprint density at radius 2 is 1.50 bits per heavy atom. The van der Waals surface area contributed by atoms with Crippen molar-refractivity contribution in [2.75, 3.05) is 12.4 Å². The molecule has 5 nitrogen and oxygen atoms in total. The third kappa shape index (κ3) is 5.92. The quantitative estimate of drug-likeness (QED) is 0.607. The van der Waals surface area contributed by atoms with Crippen molar-refractivity contribution in [3.05, 3.63) is 64.7 Å². The van der Waals surface area contributed by atoms with Crippen LogP contribution in [0.25, 0.3) is 0 Å². The fourth-order valence-electron chi connectivity index (χ4n) is 3.76. The van der Waals surface area contributed by atoms with Crippen LogP contribution in [0.5, 0.6) is 0 Å². The van der Waals surface area contributed by atoms with Crippen LogP contribution in [0, 0.1) is 0 Å². The van der Waals surface area contributed by atoms with E-state index in [0.29, 0.717) is 27.9 Å². The minimum absolute atomic E-state index is 0.00772. The lowest BCUT2D eigenvalue weighted by molar-refractivity contribution is -0.116. The van der Waals surface area contributed by atoms with E-state index in [1.54, 1.807) is 48.5 Å². The Kier molecular flexibility index (Phi) is 7.63. The van der Waals surface area contributed by atoms with Crippen LogP contribution in [0.1, 0.15) is 65.7 Å². The van der Waals surface area contributed by atoms with Crippen LogP contribution in [0.15, 0.2) is 48.5 Å². The van der Waals surface area contributed by atoms with Gasteiger partial charge in [-0.05, 0) is 61.4 Å². The van der Waals surface area contributed by atoms with Gasteiger partial charge in [0.1, 0.15) is 0 Å². The molecule has 158 valence electrons. The number of ketones is 1. The molecule has 30 heavy (non-hydrogen) atoms. The van der Waals surface area contributed by atoms with Gasteiger partial charge in [0, 0.05) is 47.8 Å². The summed E-state index contributed by atoms with van der Waals surface area (Å²) in [5, 5.41) is 3.35. The molecule has 6 heteroatoms. The molecule has 0 unspecified atom stereocenters. The van der Waals surface area contributed by atoms with Crippen LogP contribution in [0.4, 0.5) is 5.69 Å². The topological polar surface area (TPSA) is 66.5 Å². The van der Waals surface area contributed by atoms with Crippen molar-refractivity contribution in [3.63, 3.8) is 0 Å². The van der Waals surface area contributed by atoms with Crippen molar-refractivity contribution in [2.24, 2.45) is 0 Å². The van der Waals surface area contributed by atoms with Crippen molar-refractivity contribution >= 4 is 34.9 Å². The second kappa shape index (κ2) is 10.4. The number of carbonyl (C=O) groups is 3. The molecule has 0 bridgehead atoms. The first-order valence-corrected chi connectivity index (χ1v) is 10.8. The maximum atomic E-state index is 12.7. The van der Waals surface area contributed by atoms with Crippen LogP contribution in [-0.4, -0.2) is 35.6 Å². The zero-order chi connectivity index (χ0) is 21.5. The summed E-state index contributed by atoms with van der Waals surface area (Å²) in [4.78, 5) is 38.9. The van der Waals surface area contributed by atoms with E-state index in [9.17, 15) is 14.4 Å². The molecule has 0 saturated heterocycles. The molecule has 0 atom stereocenters. The Hall–Kier alpha value is -2.66. The van der Waals surface area contributed by atoms with E-state index < -0.39 is 0 Å². The number of carbonyl (C=O) groups excluding carboxylic acids is 3. The first-order valence-electron chi connectivity index (χ1n) is 10.4. The van der Waals surface area contributed by atoms with Gasteiger partial charge < -0.3 is 10.2 Å². The molecular weight excluding hydrogens is 400 g/mol. The summed E-state index contributed by atoms with van der Waals surface area (Å²) in [5.41, 5.74) is 1.76. The van der Waals surface area contributed by atoms with Crippen LogP contribution < -0.4 is 5.32 Å². The van der Waals surface area contributed by atoms with E-state index >= 15 is 0 Å². The number of Topliss-reactive ketones (excluding diaryl/α,β-unsaturated/α-hetero) is 1. The van der Waals surface area contributed by atoms with Gasteiger partial charge in [0.15, 0.2) is 5.78 Å². The molecule has 0 aromatic heterocycles. The standard InChI is InChI=1S/C24H27ClN2O3/c1-27(21-5-3-2-4-6-21)24(30)18-9-13-20(14-10-18)26-23(29)16-15-22(28)17-7-11-19(25)12-8-17/h7-14,21H,2-6,15-16H2,1H3,(H,26,29). The Labute approximate surface area is 182 Å². The summed E-state index contributed by atoms with van der Waals surface area (Å²) in [5.74, 6) is -0.336. The number of anilines is 1. The largest absolute Gasteiger partial charge is 0.339 e. The Bertz CT molecular complexity index is 888. The summed E-state index contributed by atoms with van der Waals surface area (Å²) in [6.07, 6.45) is 5.93. The average Bonchev–Trinajstić information content (AvgIpc) is 2.78. The molecule has 1 saturated carbocycles. The number of benzene rings is 2. The summed E-state index contributed by atoms with van der Waals surface area (Å²) in [7, 11) is 1.87. The summed E-state index contributed by atoms with van der Waals surface area (Å²) in [6, 6.07) is 13.8. The molecular formula is C24H27ClN2O3. The number of hydrogen-bond donors (Lipinski definition) is 1. The van der Waals surface area contributed by atoms with Gasteiger partial charge in [-0.15, -0.1) is 0 Å². The first kappa shape index (κ1) is 22.0. The van der Waals surface area contributed by atoms with Gasteiger partial charge in [0.05, 0.1) is 0 Å². The third-order valence-corrected chi connectivity index (χ3v) is 5.86. The molecule has 2 aromatic carbocycles. The lowest BCUT2D eigenvalue weighted by Crippen LogP contribution is -2.38. The smallest absolute Gasteiger partial charge is 0.253 e. The number of halogens is 1. The zero-order valence-corrected chi connectivity index (χ0v) is 18.0. The van der Waals surface area contributed by atoms with Crippen molar-refractivity contribution in [2.45, 2.75) is 51.0 Å². The lowest BCUT2D eigenvalue weighted by Gasteiger charge is -2.31. The normalized spacial score (nSPS) is 14.2. The summed E-state index contributed by atoms with van der Waals surface area (Å²) in [6.45, 7) is 0. The highest BCUT2D eigenvalue weighted by molar-refractivity contribution is 6.30. The van der Waals surface area contributed by atoms with Crippen LogP contribution >= 0.6 is 11.6 Å². The first-order chi connectivity index (χ1) is 14.4. The minimum Gasteiger partial charge on any atom is -0.339 e. The molecule has 1 aliphatic rings. The highest BCUT2D eigenvalue weighted by atomic mass is 35.5. The molecule has 0 aliphatic heterocycles. The molecule has 0 spiro atoms. The van der Waals surface area contributed by atoms with Crippen molar-refractivity contribution in [3.8, 4) is 0 Å². The summed E-state index contributed by atoms with van der Waals surface area (Å²) < 4.78 is 0. The lowest BCUT2D eigenvalue weighted by atomic mass is 9.94. The van der Waals surface area contributed by atoms with Crippen LogP contribution in [0.2, 0.25) is 5.02 Å². The van der Waals surface area contributed by atoms with Gasteiger partial charge in [0.2, 0.25) is 5.91 Å². The molecule has 2 aromatic rings. The molecule has 1 aliphatic carbocycles. The number of hydrogen-bond acceptors (Lipinski definition) is 3. The molecule has 1 N–H and O–H groups in total. The SMILES string of the molecule is CN(C(=O)c1ccc(NC(=O)CCC(=O)c2ccc(Cl)cc2)cc1)C1CCCCC1. The molecule has 0 radical (unpaired) electrons. The van der Waals surface area contributed by atoms with Gasteiger partial charge in [-0.1, -0.05) is 30.9 Å². The number of amides is 2. The molecule has 3 rings (SSSR count). The molecule has 2 amide bonds. The maximum Gasteiger partial charge on any atom is 0.253 e. The second-order valence-electron chi connectivity index (χ2n) is 7.76. The number of nitrogens with zero attached hydrogens (tertiary/aromatic N) is 1.